The number of amides is 1. The van der Waals surface area contributed by atoms with E-state index in [0.29, 0.717) is 34.7 Å². The molecule has 7 heteroatoms. The largest absolute Gasteiger partial charge is 0.493 e. The van der Waals surface area contributed by atoms with Crippen molar-refractivity contribution in [2.24, 2.45) is 11.7 Å². The van der Waals surface area contributed by atoms with Gasteiger partial charge in [0.25, 0.3) is 0 Å². The minimum atomic E-state index is -0.0823. The van der Waals surface area contributed by atoms with Gasteiger partial charge in [0.05, 0.1) is 6.61 Å². The van der Waals surface area contributed by atoms with E-state index in [4.69, 9.17) is 33.7 Å². The predicted octanol–water partition coefficient (Wildman–Crippen LogP) is 3.77. The summed E-state index contributed by atoms with van der Waals surface area (Å²) in [7, 11) is 0. The normalized spacial score (nSPS) is 16.6. The third kappa shape index (κ3) is 6.76. The first-order chi connectivity index (χ1) is 10.4. The van der Waals surface area contributed by atoms with Gasteiger partial charge in [0.2, 0.25) is 5.91 Å². The Morgan fingerprint density at radius 2 is 1.87 bits per heavy atom. The van der Waals surface area contributed by atoms with Gasteiger partial charge in [0.1, 0.15) is 5.75 Å². The van der Waals surface area contributed by atoms with Crippen molar-refractivity contribution in [1.29, 1.82) is 0 Å². The first-order valence-corrected chi connectivity index (χ1v) is 8.32. The second-order valence-corrected chi connectivity index (χ2v) is 6.79. The molecule has 0 aromatic heterocycles. The number of rotatable bonds is 5. The Balaban J connectivity index is 0.00000264. The van der Waals surface area contributed by atoms with Crippen LogP contribution in [0.5, 0.6) is 5.75 Å². The molecule has 0 aliphatic carbocycles. The highest BCUT2D eigenvalue weighted by Gasteiger charge is 2.23. The summed E-state index contributed by atoms with van der Waals surface area (Å²) in [5, 5.41) is 1.14. The van der Waals surface area contributed by atoms with Crippen molar-refractivity contribution < 1.29 is 9.53 Å². The number of nitrogens with two attached hydrogens (primary N) is 1. The SMILES string of the molecule is CC(N)CC(=O)N1CCC(COc2cc(Cl)cc(Cl)c2)CC1.Cl. The summed E-state index contributed by atoms with van der Waals surface area (Å²) in [6.07, 6.45) is 2.31. The van der Waals surface area contributed by atoms with E-state index in [-0.39, 0.29) is 24.4 Å². The van der Waals surface area contributed by atoms with Gasteiger partial charge in [-0.15, -0.1) is 12.4 Å². The summed E-state index contributed by atoms with van der Waals surface area (Å²) < 4.78 is 5.78. The quantitative estimate of drug-likeness (QED) is 0.844. The average molecular weight is 382 g/mol. The molecule has 1 atom stereocenters. The highest BCUT2D eigenvalue weighted by Crippen LogP contribution is 2.26. The number of carbonyl (C=O) groups excluding carboxylic acids is 1. The van der Waals surface area contributed by atoms with Crippen molar-refractivity contribution in [3.05, 3.63) is 28.2 Å². The lowest BCUT2D eigenvalue weighted by atomic mass is 9.97. The van der Waals surface area contributed by atoms with E-state index in [1.165, 1.54) is 0 Å². The second-order valence-electron chi connectivity index (χ2n) is 5.92. The van der Waals surface area contributed by atoms with Crippen LogP contribution in [0.2, 0.25) is 10.0 Å². The molecule has 1 saturated heterocycles. The van der Waals surface area contributed by atoms with Crippen molar-refractivity contribution >= 4 is 41.5 Å². The molecule has 2 N–H and O–H groups in total. The molecule has 23 heavy (non-hydrogen) atoms. The van der Waals surface area contributed by atoms with Gasteiger partial charge in [-0.05, 0) is 43.9 Å². The van der Waals surface area contributed by atoms with Gasteiger partial charge >= 0.3 is 0 Å². The van der Waals surface area contributed by atoms with Crippen LogP contribution in [0.1, 0.15) is 26.2 Å². The lowest BCUT2D eigenvalue weighted by molar-refractivity contribution is -0.133. The van der Waals surface area contributed by atoms with Crippen LogP contribution < -0.4 is 10.5 Å². The first kappa shape index (κ1) is 20.4. The highest BCUT2D eigenvalue weighted by atomic mass is 35.5. The molecule has 130 valence electrons. The molecular weight excluding hydrogens is 359 g/mol. The molecule has 0 spiro atoms. The molecule has 1 fully saturated rings. The molecule has 1 unspecified atom stereocenters. The number of ether oxygens (including phenoxy) is 1. The van der Waals surface area contributed by atoms with E-state index in [0.717, 1.165) is 25.9 Å². The van der Waals surface area contributed by atoms with Gasteiger partial charge in [-0.2, -0.15) is 0 Å². The number of likely N-dealkylation sites (tertiary alicyclic amines) is 1. The molecule has 1 aliphatic rings. The maximum Gasteiger partial charge on any atom is 0.224 e. The zero-order valence-corrected chi connectivity index (χ0v) is 15.5. The van der Waals surface area contributed by atoms with E-state index in [2.05, 4.69) is 0 Å². The Labute approximate surface area is 153 Å². The van der Waals surface area contributed by atoms with Gasteiger partial charge in [-0.3, -0.25) is 4.79 Å². The molecule has 0 radical (unpaired) electrons. The van der Waals surface area contributed by atoms with Gasteiger partial charge in [0, 0.05) is 35.6 Å². The van der Waals surface area contributed by atoms with Crippen LogP contribution in [-0.2, 0) is 4.79 Å². The average Bonchev–Trinajstić information content (AvgIpc) is 2.44. The molecule has 2 rings (SSSR count). The third-order valence-corrected chi connectivity index (χ3v) is 4.22. The molecule has 0 saturated carbocycles. The minimum absolute atomic E-state index is 0. The minimum Gasteiger partial charge on any atom is -0.493 e. The van der Waals surface area contributed by atoms with E-state index in [1.54, 1.807) is 18.2 Å². The monoisotopic (exact) mass is 380 g/mol. The van der Waals surface area contributed by atoms with Crippen LogP contribution in [0, 0.1) is 5.92 Å². The van der Waals surface area contributed by atoms with Crippen LogP contribution in [0.4, 0.5) is 0 Å². The van der Waals surface area contributed by atoms with Crippen molar-refractivity contribution in [3.8, 4) is 5.75 Å². The third-order valence-electron chi connectivity index (χ3n) is 3.79. The standard InChI is InChI=1S/C16H22Cl2N2O2.ClH/c1-11(19)6-16(21)20-4-2-12(3-5-20)10-22-15-8-13(17)7-14(18)9-15;/h7-9,11-12H,2-6,10,19H2,1H3;1H. The molecule has 1 heterocycles. The fourth-order valence-electron chi connectivity index (χ4n) is 2.58. The van der Waals surface area contributed by atoms with Crippen molar-refractivity contribution in [1.82, 2.24) is 4.90 Å². The molecule has 1 aromatic rings. The van der Waals surface area contributed by atoms with Gasteiger partial charge < -0.3 is 15.4 Å². The van der Waals surface area contributed by atoms with Crippen LogP contribution in [0.25, 0.3) is 0 Å². The van der Waals surface area contributed by atoms with Crippen LogP contribution in [-0.4, -0.2) is 36.5 Å². The highest BCUT2D eigenvalue weighted by molar-refractivity contribution is 6.34. The fraction of sp³-hybridized carbons (Fsp3) is 0.562. The molecule has 0 bridgehead atoms. The number of halogens is 3. The summed E-state index contributed by atoms with van der Waals surface area (Å²) in [6, 6.07) is 5.11. The van der Waals surface area contributed by atoms with Gasteiger partial charge in [0.15, 0.2) is 0 Å². The second kappa shape index (κ2) is 9.58. The Bertz CT molecular complexity index is 498. The first-order valence-electron chi connectivity index (χ1n) is 7.56. The zero-order valence-electron chi connectivity index (χ0n) is 13.1. The zero-order chi connectivity index (χ0) is 16.1. The number of hydrogen-bond acceptors (Lipinski definition) is 3. The summed E-state index contributed by atoms with van der Waals surface area (Å²) >= 11 is 11.9. The number of nitrogens with zero attached hydrogens (tertiary/aromatic N) is 1. The van der Waals surface area contributed by atoms with E-state index >= 15 is 0 Å². The number of hydrogen-bond donors (Lipinski definition) is 1. The Morgan fingerprint density at radius 3 is 2.39 bits per heavy atom. The lowest BCUT2D eigenvalue weighted by Crippen LogP contribution is -2.41. The Kier molecular flexibility index (Phi) is 8.48. The lowest BCUT2D eigenvalue weighted by Gasteiger charge is -2.32. The molecule has 1 aromatic carbocycles. The summed E-state index contributed by atoms with van der Waals surface area (Å²) in [6.45, 7) is 4.02. The molecule has 1 amide bonds. The van der Waals surface area contributed by atoms with Crippen molar-refractivity contribution in [3.63, 3.8) is 0 Å². The van der Waals surface area contributed by atoms with Crippen LogP contribution in [0.3, 0.4) is 0 Å². The van der Waals surface area contributed by atoms with Gasteiger partial charge in [-0.1, -0.05) is 23.2 Å². The number of piperidine rings is 1. The summed E-state index contributed by atoms with van der Waals surface area (Å²) in [5.41, 5.74) is 5.67. The predicted molar refractivity (Wildman–Crippen MR) is 96.8 cm³/mol. The van der Waals surface area contributed by atoms with E-state index in [1.807, 2.05) is 11.8 Å². The molecular formula is C16H23Cl3N2O2. The maximum absolute atomic E-state index is 12.0. The topological polar surface area (TPSA) is 55.6 Å². The van der Waals surface area contributed by atoms with Crippen LogP contribution in [0.15, 0.2) is 18.2 Å². The summed E-state index contributed by atoms with van der Waals surface area (Å²) in [5.74, 6) is 1.28. The van der Waals surface area contributed by atoms with Crippen molar-refractivity contribution in [2.75, 3.05) is 19.7 Å². The van der Waals surface area contributed by atoms with E-state index < -0.39 is 0 Å². The van der Waals surface area contributed by atoms with Crippen LogP contribution >= 0.6 is 35.6 Å². The summed E-state index contributed by atoms with van der Waals surface area (Å²) in [4.78, 5) is 13.9. The maximum atomic E-state index is 12.0. The number of carbonyl (C=O) groups is 1. The molecule has 4 nitrogen and oxygen atoms in total. The Morgan fingerprint density at radius 1 is 1.30 bits per heavy atom. The van der Waals surface area contributed by atoms with E-state index in [9.17, 15) is 4.79 Å². The fourth-order valence-corrected chi connectivity index (χ4v) is 3.09. The van der Waals surface area contributed by atoms with Gasteiger partial charge in [-0.25, -0.2) is 0 Å². The Hall–Kier alpha value is -0.680. The smallest absolute Gasteiger partial charge is 0.224 e. The van der Waals surface area contributed by atoms with Crippen molar-refractivity contribution in [2.45, 2.75) is 32.2 Å². The molecule has 1 aliphatic heterocycles. The number of benzene rings is 1.